The minimum Gasteiger partial charge on any atom is -0.367 e. The molecule has 0 unspecified atom stereocenters. The van der Waals surface area contributed by atoms with Crippen LogP contribution in [-0.4, -0.2) is 35.3 Å². The van der Waals surface area contributed by atoms with E-state index in [9.17, 15) is 14.4 Å². The Bertz CT molecular complexity index is 1510. The summed E-state index contributed by atoms with van der Waals surface area (Å²) in [5.41, 5.74) is 12.4. The molecule has 0 radical (unpaired) electrons. The minimum absolute atomic E-state index is 0.144. The van der Waals surface area contributed by atoms with Crippen molar-refractivity contribution in [2.45, 2.75) is 19.3 Å². The number of carbonyl (C=O) groups is 3. The molecule has 0 atom stereocenters. The molecule has 8 nitrogen and oxygen atoms in total. The van der Waals surface area contributed by atoms with E-state index < -0.39 is 0 Å². The highest BCUT2D eigenvalue weighted by molar-refractivity contribution is 6.27. The third kappa shape index (κ3) is 5.12. The molecular formula is C30H25N5O3. The Morgan fingerprint density at radius 1 is 0.868 bits per heavy atom. The van der Waals surface area contributed by atoms with Crippen LogP contribution in [0.5, 0.6) is 0 Å². The lowest BCUT2D eigenvalue weighted by Crippen LogP contribution is -2.39. The van der Waals surface area contributed by atoms with Gasteiger partial charge in [0.2, 0.25) is 11.6 Å². The molecule has 0 saturated carbocycles. The number of Topliss-reactive ketones (excluding diaryl/α,β-unsaturated/α-hetero) is 2. The molecule has 1 saturated heterocycles. The third-order valence-corrected chi connectivity index (χ3v) is 6.69. The Morgan fingerprint density at radius 2 is 1.53 bits per heavy atom. The smallest absolute Gasteiger partial charge is 0.212 e. The Kier molecular flexibility index (Phi) is 7.15. The Morgan fingerprint density at radius 3 is 2.18 bits per heavy atom. The van der Waals surface area contributed by atoms with Gasteiger partial charge in [-0.2, -0.15) is 0 Å². The maximum Gasteiger partial charge on any atom is 0.212 e. The van der Waals surface area contributed by atoms with Crippen LogP contribution in [-0.2, 0) is 0 Å². The second-order valence-electron chi connectivity index (χ2n) is 9.16. The average molecular weight is 504 g/mol. The van der Waals surface area contributed by atoms with Crippen molar-refractivity contribution in [3.05, 3.63) is 123 Å². The lowest BCUT2D eigenvalue weighted by atomic mass is 9.89. The van der Waals surface area contributed by atoms with Gasteiger partial charge in [0.25, 0.3) is 0 Å². The summed E-state index contributed by atoms with van der Waals surface area (Å²) in [6.07, 6.45) is 6.22. The zero-order chi connectivity index (χ0) is 26.5. The SMILES string of the molecule is [N-]=[N+]=Nc1ccc(/C=C/C(=O)c2ccc(NC3=C(N4CCCCC4)C(=O)c4ccccc4C3=O)cc2)cc1. The van der Waals surface area contributed by atoms with Crippen molar-refractivity contribution in [3.8, 4) is 0 Å². The second kappa shape index (κ2) is 11.0. The summed E-state index contributed by atoms with van der Waals surface area (Å²) in [5.74, 6) is -0.536. The first kappa shape index (κ1) is 24.7. The van der Waals surface area contributed by atoms with Gasteiger partial charge in [0.15, 0.2) is 5.78 Å². The highest BCUT2D eigenvalue weighted by Gasteiger charge is 2.35. The minimum atomic E-state index is -0.213. The number of benzene rings is 3. The summed E-state index contributed by atoms with van der Waals surface area (Å²) in [6, 6.07) is 20.6. The Labute approximate surface area is 219 Å². The highest BCUT2D eigenvalue weighted by atomic mass is 16.1. The van der Waals surface area contributed by atoms with Gasteiger partial charge in [-0.15, -0.1) is 0 Å². The van der Waals surface area contributed by atoms with Gasteiger partial charge < -0.3 is 10.2 Å². The third-order valence-electron chi connectivity index (χ3n) is 6.69. The van der Waals surface area contributed by atoms with E-state index in [0.717, 1.165) is 37.9 Å². The molecule has 38 heavy (non-hydrogen) atoms. The number of nitrogens with one attached hydrogen (secondary N) is 1. The Hall–Kier alpha value is -4.94. The molecule has 3 aromatic carbocycles. The molecule has 188 valence electrons. The van der Waals surface area contributed by atoms with E-state index in [2.05, 4.69) is 15.3 Å². The van der Waals surface area contributed by atoms with Gasteiger partial charge in [0.1, 0.15) is 11.4 Å². The predicted molar refractivity (Wildman–Crippen MR) is 146 cm³/mol. The number of hydrogen-bond donors (Lipinski definition) is 1. The van der Waals surface area contributed by atoms with Crippen LogP contribution in [0.3, 0.4) is 0 Å². The molecule has 1 fully saturated rings. The van der Waals surface area contributed by atoms with E-state index in [-0.39, 0.29) is 23.0 Å². The van der Waals surface area contributed by atoms with E-state index in [4.69, 9.17) is 5.53 Å². The molecule has 1 aliphatic heterocycles. The number of rotatable bonds is 7. The van der Waals surface area contributed by atoms with E-state index in [0.29, 0.717) is 33.8 Å². The van der Waals surface area contributed by atoms with Crippen LogP contribution in [0.2, 0.25) is 0 Å². The van der Waals surface area contributed by atoms with Crippen LogP contribution in [0, 0.1) is 0 Å². The van der Waals surface area contributed by atoms with Gasteiger partial charge in [-0.3, -0.25) is 14.4 Å². The maximum absolute atomic E-state index is 13.5. The number of nitrogens with zero attached hydrogens (tertiary/aromatic N) is 4. The molecule has 0 amide bonds. The topological polar surface area (TPSA) is 115 Å². The van der Waals surface area contributed by atoms with Crippen molar-refractivity contribution in [2.75, 3.05) is 18.4 Å². The fourth-order valence-electron chi connectivity index (χ4n) is 4.73. The number of fused-ring (bicyclic) bond motifs is 1. The number of azide groups is 1. The summed E-state index contributed by atoms with van der Waals surface area (Å²) in [4.78, 5) is 44.4. The number of ketones is 3. The summed E-state index contributed by atoms with van der Waals surface area (Å²) < 4.78 is 0. The van der Waals surface area contributed by atoms with Crippen molar-refractivity contribution in [2.24, 2.45) is 5.11 Å². The quantitative estimate of drug-likeness (QED) is 0.126. The van der Waals surface area contributed by atoms with Crippen molar-refractivity contribution < 1.29 is 14.4 Å². The van der Waals surface area contributed by atoms with Crippen LogP contribution in [0.25, 0.3) is 16.5 Å². The monoisotopic (exact) mass is 503 g/mol. The van der Waals surface area contributed by atoms with E-state index >= 15 is 0 Å². The van der Waals surface area contributed by atoms with Gasteiger partial charge in [-0.1, -0.05) is 59.7 Å². The molecule has 2 aliphatic rings. The first-order valence-corrected chi connectivity index (χ1v) is 12.5. The van der Waals surface area contributed by atoms with E-state index in [1.807, 2.05) is 4.90 Å². The molecule has 5 rings (SSSR count). The van der Waals surface area contributed by atoms with Crippen molar-refractivity contribution in [3.63, 3.8) is 0 Å². The number of likely N-dealkylation sites (tertiary alicyclic amines) is 1. The van der Waals surface area contributed by atoms with E-state index in [1.54, 1.807) is 78.9 Å². The number of piperidine rings is 1. The van der Waals surface area contributed by atoms with Gasteiger partial charge >= 0.3 is 0 Å². The average Bonchev–Trinajstić information content (AvgIpc) is 2.96. The summed E-state index contributed by atoms with van der Waals surface area (Å²) in [6.45, 7) is 1.46. The standard InChI is InChI=1S/C30H25N5O3/c31-34-33-23-13-8-20(9-14-23)10-17-26(36)21-11-15-22(16-12-21)32-27-28(35-18-4-1-5-19-35)30(38)25-7-3-2-6-24(25)29(27)37/h2-3,6-17,32H,1,4-5,18-19H2/b17-10+. The van der Waals surface area contributed by atoms with Crippen molar-refractivity contribution in [1.82, 2.24) is 4.90 Å². The van der Waals surface area contributed by atoms with Crippen LogP contribution >= 0.6 is 0 Å². The summed E-state index contributed by atoms with van der Waals surface area (Å²) >= 11 is 0. The summed E-state index contributed by atoms with van der Waals surface area (Å²) in [5, 5.41) is 6.72. The highest BCUT2D eigenvalue weighted by Crippen LogP contribution is 2.31. The van der Waals surface area contributed by atoms with Gasteiger partial charge in [-0.25, -0.2) is 0 Å². The summed E-state index contributed by atoms with van der Waals surface area (Å²) in [7, 11) is 0. The zero-order valence-electron chi connectivity index (χ0n) is 20.6. The first-order chi connectivity index (χ1) is 18.5. The van der Waals surface area contributed by atoms with Gasteiger partial charge in [0, 0.05) is 46.1 Å². The molecule has 1 N–H and O–H groups in total. The van der Waals surface area contributed by atoms with Crippen LogP contribution < -0.4 is 5.32 Å². The fraction of sp³-hybridized carbons (Fsp3) is 0.167. The van der Waals surface area contributed by atoms with Crippen molar-refractivity contribution in [1.29, 1.82) is 0 Å². The molecule has 0 aromatic heterocycles. The number of anilines is 1. The van der Waals surface area contributed by atoms with Crippen LogP contribution in [0.4, 0.5) is 11.4 Å². The second-order valence-corrected chi connectivity index (χ2v) is 9.16. The molecule has 8 heteroatoms. The zero-order valence-corrected chi connectivity index (χ0v) is 20.6. The normalized spacial score (nSPS) is 15.3. The maximum atomic E-state index is 13.5. The van der Waals surface area contributed by atoms with Gasteiger partial charge in [-0.05, 0) is 60.7 Å². The number of hydrogen-bond acceptors (Lipinski definition) is 6. The molecule has 1 aliphatic carbocycles. The van der Waals surface area contributed by atoms with Crippen LogP contribution in [0.1, 0.15) is 55.9 Å². The molecule has 3 aromatic rings. The van der Waals surface area contributed by atoms with Crippen molar-refractivity contribution >= 4 is 34.8 Å². The van der Waals surface area contributed by atoms with Crippen LogP contribution in [0.15, 0.2) is 95.4 Å². The fourth-order valence-corrected chi connectivity index (χ4v) is 4.73. The van der Waals surface area contributed by atoms with Gasteiger partial charge in [0.05, 0.1) is 0 Å². The molecule has 0 bridgehead atoms. The number of carbonyl (C=O) groups excluding carboxylic acids is 3. The molecule has 1 heterocycles. The number of allylic oxidation sites excluding steroid dienone is 3. The molecular weight excluding hydrogens is 478 g/mol. The van der Waals surface area contributed by atoms with E-state index in [1.165, 1.54) is 6.08 Å². The lowest BCUT2D eigenvalue weighted by Gasteiger charge is -2.34. The predicted octanol–water partition coefficient (Wildman–Crippen LogP) is 6.71. The largest absolute Gasteiger partial charge is 0.367 e. The Balaban J connectivity index is 1.37. The lowest BCUT2D eigenvalue weighted by molar-refractivity contribution is 0.0935. The first-order valence-electron chi connectivity index (χ1n) is 12.5. The molecule has 0 spiro atoms.